The smallest absolute Gasteiger partial charge is 0.348 e. The van der Waals surface area contributed by atoms with E-state index in [2.05, 4.69) is 15.3 Å². The van der Waals surface area contributed by atoms with E-state index in [1.54, 1.807) is 4.90 Å². The number of aromatic amines is 1. The van der Waals surface area contributed by atoms with E-state index in [1.807, 2.05) is 0 Å². The number of rotatable bonds is 4. The van der Waals surface area contributed by atoms with Crippen LogP contribution in [0.15, 0.2) is 16.7 Å². The first-order chi connectivity index (χ1) is 8.87. The minimum atomic E-state index is -4.11. The van der Waals surface area contributed by atoms with Gasteiger partial charge in [-0.15, -0.1) is 0 Å². The second-order valence-electron chi connectivity index (χ2n) is 4.01. The van der Waals surface area contributed by atoms with E-state index in [4.69, 9.17) is 15.5 Å². The Morgan fingerprint density at radius 3 is 2.95 bits per heavy atom. The summed E-state index contributed by atoms with van der Waals surface area (Å²) in [5.74, 6) is 1.34. The zero-order chi connectivity index (χ0) is 14.0. The average Bonchev–Trinajstić information content (AvgIpc) is 2.66. The Morgan fingerprint density at radius 2 is 2.26 bits per heavy atom. The van der Waals surface area contributed by atoms with Gasteiger partial charge in [-0.25, -0.2) is 0 Å². The van der Waals surface area contributed by atoms with Gasteiger partial charge in [0.1, 0.15) is 5.69 Å². The van der Waals surface area contributed by atoms with Crippen LogP contribution in [-0.2, 0) is 4.57 Å². The molecule has 0 spiro atoms. The normalized spacial score (nSPS) is 14.7. The van der Waals surface area contributed by atoms with Gasteiger partial charge in [0.15, 0.2) is 5.82 Å². The van der Waals surface area contributed by atoms with Gasteiger partial charge in [0, 0.05) is 12.4 Å². The summed E-state index contributed by atoms with van der Waals surface area (Å²) in [6.45, 7) is 0.866. The van der Waals surface area contributed by atoms with E-state index >= 15 is 0 Å². The van der Waals surface area contributed by atoms with E-state index in [-0.39, 0.29) is 11.5 Å². The molecule has 0 fully saturated rings. The standard InChI is InChI=1S/C9H14N5O4P/c10-9-12-7-6(8(15)13-9)11-5-14(7)3-1-2-4-19(16,17)18/h2,4,11H,1,3,5H2,(H2,16,17,18)(H3,10,12,13,15). The summed E-state index contributed by atoms with van der Waals surface area (Å²) >= 11 is 0. The van der Waals surface area contributed by atoms with Crippen molar-refractivity contribution in [1.29, 1.82) is 0 Å². The lowest BCUT2D eigenvalue weighted by Crippen LogP contribution is -2.24. The van der Waals surface area contributed by atoms with Gasteiger partial charge in [-0.3, -0.25) is 14.3 Å². The van der Waals surface area contributed by atoms with Crippen molar-refractivity contribution >= 4 is 25.0 Å². The molecular weight excluding hydrogens is 273 g/mol. The third kappa shape index (κ3) is 3.34. The van der Waals surface area contributed by atoms with Gasteiger partial charge in [-0.2, -0.15) is 4.98 Å². The number of nitrogens with one attached hydrogen (secondary N) is 2. The first-order valence-corrected chi connectivity index (χ1v) is 7.16. The summed E-state index contributed by atoms with van der Waals surface area (Å²) in [6, 6.07) is 0. The molecule has 0 saturated carbocycles. The highest BCUT2D eigenvalue weighted by Crippen LogP contribution is 2.36. The third-order valence-electron chi connectivity index (χ3n) is 2.53. The highest BCUT2D eigenvalue weighted by Gasteiger charge is 2.22. The first-order valence-electron chi connectivity index (χ1n) is 5.48. The quantitative estimate of drug-likeness (QED) is 0.471. The van der Waals surface area contributed by atoms with Crippen LogP contribution in [-0.4, -0.2) is 33.0 Å². The Labute approximate surface area is 108 Å². The summed E-state index contributed by atoms with van der Waals surface area (Å²) in [5, 5.41) is 2.89. The number of nitrogens with zero attached hydrogens (tertiary/aromatic N) is 2. The van der Waals surface area contributed by atoms with Crippen LogP contribution in [0.4, 0.5) is 17.5 Å². The Kier molecular flexibility index (Phi) is 3.61. The fourth-order valence-electron chi connectivity index (χ4n) is 1.74. The fraction of sp³-hybridized carbons (Fsp3) is 0.333. The van der Waals surface area contributed by atoms with E-state index < -0.39 is 7.60 Å². The summed E-state index contributed by atoms with van der Waals surface area (Å²) in [4.78, 5) is 37.1. The predicted molar refractivity (Wildman–Crippen MR) is 70.9 cm³/mol. The Bertz CT molecular complexity index is 607. The van der Waals surface area contributed by atoms with Crippen LogP contribution >= 0.6 is 7.60 Å². The maximum atomic E-state index is 11.6. The molecule has 9 nitrogen and oxygen atoms in total. The number of nitrogens with two attached hydrogens (primary N) is 1. The number of H-pyrrole nitrogens is 1. The minimum Gasteiger partial charge on any atom is -0.369 e. The van der Waals surface area contributed by atoms with Gasteiger partial charge < -0.3 is 25.7 Å². The van der Waals surface area contributed by atoms with Crippen molar-refractivity contribution in [3.8, 4) is 0 Å². The fourth-order valence-corrected chi connectivity index (χ4v) is 2.17. The average molecular weight is 287 g/mol. The number of fused-ring (bicyclic) bond motifs is 1. The number of hydrogen-bond donors (Lipinski definition) is 5. The maximum Gasteiger partial charge on any atom is 0.348 e. The van der Waals surface area contributed by atoms with E-state index in [0.717, 1.165) is 5.82 Å². The summed E-state index contributed by atoms with van der Waals surface area (Å²) in [5.41, 5.74) is 5.49. The van der Waals surface area contributed by atoms with Crippen LogP contribution in [0.3, 0.4) is 0 Å². The van der Waals surface area contributed by atoms with Crippen LogP contribution in [0.25, 0.3) is 0 Å². The molecule has 104 valence electrons. The summed E-state index contributed by atoms with van der Waals surface area (Å²) in [6.07, 6.45) is 1.82. The number of anilines is 3. The lowest BCUT2D eigenvalue weighted by atomic mass is 10.4. The molecule has 0 radical (unpaired) electrons. The topological polar surface area (TPSA) is 145 Å². The lowest BCUT2D eigenvalue weighted by molar-refractivity contribution is 0.386. The van der Waals surface area contributed by atoms with Crippen molar-refractivity contribution in [3.05, 3.63) is 22.2 Å². The van der Waals surface area contributed by atoms with Crippen LogP contribution in [0.1, 0.15) is 6.42 Å². The Balaban J connectivity index is 2.05. The van der Waals surface area contributed by atoms with Crippen LogP contribution in [0, 0.1) is 0 Å². The van der Waals surface area contributed by atoms with Crippen molar-refractivity contribution in [2.45, 2.75) is 6.42 Å². The number of nitrogen functional groups attached to an aromatic ring is 1. The molecule has 1 aliphatic rings. The number of aromatic nitrogens is 2. The molecule has 0 unspecified atom stereocenters. The van der Waals surface area contributed by atoms with Crippen LogP contribution < -0.4 is 21.5 Å². The molecular formula is C9H14N5O4P. The summed E-state index contributed by atoms with van der Waals surface area (Å²) in [7, 11) is -4.11. The van der Waals surface area contributed by atoms with Gasteiger partial charge in [-0.05, 0) is 6.42 Å². The van der Waals surface area contributed by atoms with Crippen molar-refractivity contribution in [3.63, 3.8) is 0 Å². The van der Waals surface area contributed by atoms with Crippen molar-refractivity contribution in [2.24, 2.45) is 0 Å². The molecule has 0 bridgehead atoms. The SMILES string of the molecule is Nc1nc2c(c(=O)[nH]1)NCN2CCC=CP(=O)(O)O. The van der Waals surface area contributed by atoms with Crippen LogP contribution in [0.5, 0.6) is 0 Å². The minimum absolute atomic E-state index is 0.0307. The highest BCUT2D eigenvalue weighted by atomic mass is 31.2. The van der Waals surface area contributed by atoms with Gasteiger partial charge in [0.25, 0.3) is 5.56 Å². The monoisotopic (exact) mass is 287 g/mol. The van der Waals surface area contributed by atoms with E-state index in [9.17, 15) is 9.36 Å². The Morgan fingerprint density at radius 1 is 1.53 bits per heavy atom. The third-order valence-corrected chi connectivity index (χ3v) is 3.13. The van der Waals surface area contributed by atoms with Crippen LogP contribution in [0.2, 0.25) is 0 Å². The molecule has 1 aliphatic heterocycles. The molecule has 0 atom stereocenters. The molecule has 0 aromatic carbocycles. The number of hydrogen-bond acceptors (Lipinski definition) is 6. The molecule has 6 N–H and O–H groups in total. The van der Waals surface area contributed by atoms with E-state index in [1.165, 1.54) is 6.08 Å². The largest absolute Gasteiger partial charge is 0.369 e. The predicted octanol–water partition coefficient (Wildman–Crippen LogP) is -0.377. The molecule has 19 heavy (non-hydrogen) atoms. The van der Waals surface area contributed by atoms with Gasteiger partial charge in [0.2, 0.25) is 5.95 Å². The van der Waals surface area contributed by atoms with Crippen molar-refractivity contribution < 1.29 is 14.4 Å². The highest BCUT2D eigenvalue weighted by molar-refractivity contribution is 7.55. The van der Waals surface area contributed by atoms with Crippen molar-refractivity contribution in [2.75, 3.05) is 29.2 Å². The molecule has 10 heteroatoms. The first kappa shape index (κ1) is 13.6. The zero-order valence-electron chi connectivity index (χ0n) is 9.91. The van der Waals surface area contributed by atoms with Gasteiger partial charge in [-0.1, -0.05) is 6.08 Å². The van der Waals surface area contributed by atoms with E-state index in [0.29, 0.717) is 31.1 Å². The molecule has 1 aromatic rings. The zero-order valence-corrected chi connectivity index (χ0v) is 10.8. The second-order valence-corrected chi connectivity index (χ2v) is 5.49. The molecule has 0 amide bonds. The molecule has 0 saturated heterocycles. The molecule has 2 rings (SSSR count). The molecule has 0 aliphatic carbocycles. The van der Waals surface area contributed by atoms with Gasteiger partial charge in [0.05, 0.1) is 6.67 Å². The summed E-state index contributed by atoms with van der Waals surface area (Å²) < 4.78 is 10.6. The maximum absolute atomic E-state index is 11.6. The second kappa shape index (κ2) is 5.04. The van der Waals surface area contributed by atoms with Crippen molar-refractivity contribution in [1.82, 2.24) is 9.97 Å². The Hall–Kier alpha value is -1.83. The lowest BCUT2D eigenvalue weighted by Gasteiger charge is -2.15. The van der Waals surface area contributed by atoms with Gasteiger partial charge >= 0.3 is 7.60 Å². The molecule has 1 aromatic heterocycles. The molecule has 2 heterocycles.